The summed E-state index contributed by atoms with van der Waals surface area (Å²) in [4.78, 5) is 0. The topological polar surface area (TPSA) is 55.5 Å². The molecule has 0 aromatic carbocycles. The van der Waals surface area contributed by atoms with Gasteiger partial charge in [0.15, 0.2) is 4.32 Å². The minimum atomic E-state index is 0.0671. The van der Waals surface area contributed by atoms with Crippen molar-refractivity contribution in [2.24, 2.45) is 5.73 Å². The van der Waals surface area contributed by atoms with Crippen LogP contribution in [0.2, 0.25) is 0 Å². The highest BCUT2D eigenvalue weighted by molar-refractivity contribution is 8.19. The minimum Gasteiger partial charge on any atom is -0.383 e. The molecule has 36 valence electrons. The Morgan fingerprint density at radius 1 is 2.00 bits per heavy atom. The first-order chi connectivity index (χ1) is 2.77. The third-order valence-corrected chi connectivity index (χ3v) is 0.562. The summed E-state index contributed by atoms with van der Waals surface area (Å²) in [5, 5.41) is 7.53. The molecule has 3 N–H and O–H groups in total. The lowest BCUT2D eigenvalue weighted by Gasteiger charge is -1.83. The predicted molar refractivity (Wildman–Crippen MR) is 28.1 cm³/mol. The van der Waals surface area contributed by atoms with Gasteiger partial charge in [-0.25, -0.2) is 5.26 Å². The zero-order chi connectivity index (χ0) is 4.99. The highest BCUT2D eigenvalue weighted by Crippen LogP contribution is 1.95. The van der Waals surface area contributed by atoms with Gasteiger partial charge >= 0.3 is 0 Å². The second-order valence-electron chi connectivity index (χ2n) is 0.477. The van der Waals surface area contributed by atoms with Crippen molar-refractivity contribution in [2.45, 2.75) is 0 Å². The smallest absolute Gasteiger partial charge is 0.161 e. The molecule has 0 saturated carbocycles. The van der Waals surface area contributed by atoms with Crippen molar-refractivity contribution in [3.05, 3.63) is 0 Å². The van der Waals surface area contributed by atoms with Gasteiger partial charge in [-0.1, -0.05) is 12.2 Å². The molecule has 0 atom stereocenters. The summed E-state index contributed by atoms with van der Waals surface area (Å²) in [7, 11) is 0. The zero-order valence-corrected chi connectivity index (χ0v) is 4.38. The van der Waals surface area contributed by atoms with Crippen LogP contribution in [0.1, 0.15) is 0 Å². The van der Waals surface area contributed by atoms with Crippen LogP contribution in [0, 0.1) is 0 Å². The molecule has 0 aromatic heterocycles. The zero-order valence-electron chi connectivity index (χ0n) is 2.75. The first kappa shape index (κ1) is 6.16. The molecule has 0 amide bonds. The molecule has 0 radical (unpaired) electrons. The molecule has 0 aliphatic heterocycles. The molecule has 0 aliphatic rings. The molecule has 3 nitrogen and oxygen atoms in total. The van der Waals surface area contributed by atoms with Crippen molar-refractivity contribution in [3.63, 3.8) is 0 Å². The summed E-state index contributed by atoms with van der Waals surface area (Å²) in [5.74, 6) is 0. The Labute approximate surface area is 44.6 Å². The van der Waals surface area contributed by atoms with Crippen LogP contribution >= 0.6 is 24.3 Å². The normalized spacial score (nSPS) is 8.17. The molecule has 0 rings (SSSR count). The summed E-state index contributed by atoms with van der Waals surface area (Å²) in [6.45, 7) is 0. The second-order valence-corrected chi connectivity index (χ2v) is 1.93. The third kappa shape index (κ3) is 4.16. The van der Waals surface area contributed by atoms with Crippen molar-refractivity contribution in [2.75, 3.05) is 0 Å². The lowest BCUT2D eigenvalue weighted by Crippen LogP contribution is -2.00. The first-order valence-electron chi connectivity index (χ1n) is 1.05. The summed E-state index contributed by atoms with van der Waals surface area (Å²) >= 11 is 4.80. The lowest BCUT2D eigenvalue weighted by atomic mass is 11.5. The molecule has 5 heteroatoms. The number of rotatable bonds is 1. The average Bonchev–Trinajstić information content (AvgIpc) is 1.35. The van der Waals surface area contributed by atoms with Crippen molar-refractivity contribution in [3.8, 4) is 0 Å². The first-order valence-corrected chi connectivity index (χ1v) is 2.20. The van der Waals surface area contributed by atoms with Crippen LogP contribution in [0.25, 0.3) is 0 Å². The van der Waals surface area contributed by atoms with E-state index < -0.39 is 0 Å². The van der Waals surface area contributed by atoms with E-state index in [1.165, 1.54) is 0 Å². The lowest BCUT2D eigenvalue weighted by molar-refractivity contribution is -0.114. The van der Waals surface area contributed by atoms with Gasteiger partial charge in [0.2, 0.25) is 0 Å². The van der Waals surface area contributed by atoms with Gasteiger partial charge in [0, 0.05) is 0 Å². The Balaban J connectivity index is 2.83. The van der Waals surface area contributed by atoms with Crippen LogP contribution in [-0.4, -0.2) is 9.58 Å². The van der Waals surface area contributed by atoms with Gasteiger partial charge in [-0.05, 0) is 0 Å². The maximum absolute atomic E-state index is 7.53. The highest BCUT2D eigenvalue weighted by Gasteiger charge is 1.83. The van der Waals surface area contributed by atoms with Gasteiger partial charge in [-0.15, -0.1) is 0 Å². The van der Waals surface area contributed by atoms with Crippen molar-refractivity contribution < 1.29 is 9.59 Å². The molecule has 6 heavy (non-hydrogen) atoms. The molecule has 0 heterocycles. The Morgan fingerprint density at radius 3 is 2.50 bits per heavy atom. The number of hydrogen-bond donors (Lipinski definition) is 2. The van der Waals surface area contributed by atoms with E-state index >= 15 is 0 Å². The SMILES string of the molecule is NC(=S)SOO. The van der Waals surface area contributed by atoms with Crippen molar-refractivity contribution in [1.29, 1.82) is 0 Å². The van der Waals surface area contributed by atoms with Crippen molar-refractivity contribution >= 4 is 28.6 Å². The van der Waals surface area contributed by atoms with E-state index in [1.807, 2.05) is 0 Å². The average molecular weight is 125 g/mol. The van der Waals surface area contributed by atoms with E-state index in [9.17, 15) is 0 Å². The van der Waals surface area contributed by atoms with E-state index in [0.29, 0.717) is 12.0 Å². The summed E-state index contributed by atoms with van der Waals surface area (Å²) < 4.78 is 3.52. The molecular formula is CH3NO2S2. The predicted octanol–water partition coefficient (Wildman–Crippen LogP) is 0.368. The van der Waals surface area contributed by atoms with Gasteiger partial charge in [0.1, 0.15) is 0 Å². The fourth-order valence-corrected chi connectivity index (χ4v) is 0.201. The summed E-state index contributed by atoms with van der Waals surface area (Å²) in [5.41, 5.74) is 4.81. The largest absolute Gasteiger partial charge is 0.383 e. The van der Waals surface area contributed by atoms with E-state index in [-0.39, 0.29) is 4.32 Å². The standard InChI is InChI=1S/CH3NO2S2/c2-1(5)6-4-3/h3H,(H2,2,5). The van der Waals surface area contributed by atoms with Crippen LogP contribution in [0.15, 0.2) is 0 Å². The van der Waals surface area contributed by atoms with Gasteiger partial charge < -0.3 is 5.73 Å². The Hall–Kier alpha value is 0.160. The Kier molecular flexibility index (Phi) is 3.44. The molecular weight excluding hydrogens is 122 g/mol. The quantitative estimate of drug-likeness (QED) is 0.229. The van der Waals surface area contributed by atoms with Crippen molar-refractivity contribution in [1.82, 2.24) is 0 Å². The molecule has 0 fully saturated rings. The molecule has 0 saturated heterocycles. The van der Waals surface area contributed by atoms with Crippen LogP contribution in [-0.2, 0) is 4.33 Å². The fraction of sp³-hybridized carbons (Fsp3) is 0. The van der Waals surface area contributed by atoms with Crippen LogP contribution in [0.5, 0.6) is 0 Å². The van der Waals surface area contributed by atoms with E-state index in [0.717, 1.165) is 0 Å². The van der Waals surface area contributed by atoms with Crippen LogP contribution < -0.4 is 5.73 Å². The molecule has 0 spiro atoms. The van der Waals surface area contributed by atoms with E-state index in [4.69, 9.17) is 11.0 Å². The fourth-order valence-electron chi connectivity index (χ4n) is 0.0367. The second kappa shape index (κ2) is 3.35. The molecule has 0 bridgehead atoms. The van der Waals surface area contributed by atoms with Gasteiger partial charge in [-0.3, -0.25) is 0 Å². The molecule has 0 aromatic rings. The Bertz CT molecular complexity index is 55.5. The Morgan fingerprint density at radius 2 is 2.50 bits per heavy atom. The van der Waals surface area contributed by atoms with E-state index in [1.54, 1.807) is 0 Å². The van der Waals surface area contributed by atoms with Crippen LogP contribution in [0.3, 0.4) is 0 Å². The summed E-state index contributed by atoms with van der Waals surface area (Å²) in [6.07, 6.45) is 0. The molecule has 0 unspecified atom stereocenters. The monoisotopic (exact) mass is 125 g/mol. The van der Waals surface area contributed by atoms with E-state index in [2.05, 4.69) is 16.6 Å². The summed E-state index contributed by atoms with van der Waals surface area (Å²) in [6, 6.07) is 0. The third-order valence-electron chi connectivity index (χ3n) is 0.119. The van der Waals surface area contributed by atoms with Gasteiger partial charge in [0.05, 0.1) is 12.0 Å². The highest BCUT2D eigenvalue weighted by atomic mass is 32.2. The molecule has 0 aliphatic carbocycles. The number of nitrogens with two attached hydrogens (primary N) is 1. The van der Waals surface area contributed by atoms with Crippen LogP contribution in [0.4, 0.5) is 0 Å². The minimum absolute atomic E-state index is 0.0671. The number of thiocarbonyl (C=S) groups is 1. The maximum atomic E-state index is 7.53. The maximum Gasteiger partial charge on any atom is 0.161 e. The van der Waals surface area contributed by atoms with Gasteiger partial charge in [0.25, 0.3) is 0 Å². The van der Waals surface area contributed by atoms with Gasteiger partial charge in [-0.2, -0.15) is 4.33 Å². The number of hydrogen-bond acceptors (Lipinski definition) is 4.